The summed E-state index contributed by atoms with van der Waals surface area (Å²) in [6.45, 7) is 8.33. The topological polar surface area (TPSA) is 32.3 Å². The van der Waals surface area contributed by atoms with Gasteiger partial charge in [-0.2, -0.15) is 0 Å². The number of nitrogens with zero attached hydrogens (tertiary/aromatic N) is 1. The fourth-order valence-corrected chi connectivity index (χ4v) is 3.46. The normalized spacial score (nSPS) is 15.7. The number of hydrogen-bond acceptors (Lipinski definition) is 2. The van der Waals surface area contributed by atoms with E-state index in [2.05, 4.69) is 34.5 Å². The molecule has 3 nitrogen and oxygen atoms in total. The fourth-order valence-electron chi connectivity index (χ4n) is 3.46. The average Bonchev–Trinajstić information content (AvgIpc) is 2.64. The molecular weight excluding hydrogens is 308 g/mol. The highest BCUT2D eigenvalue weighted by atomic mass is 16.1. The Bertz CT molecular complexity index is 730. The molecule has 0 radical (unpaired) electrons. The van der Waals surface area contributed by atoms with E-state index in [9.17, 15) is 4.79 Å². The van der Waals surface area contributed by atoms with E-state index in [4.69, 9.17) is 0 Å². The van der Waals surface area contributed by atoms with Gasteiger partial charge in [-0.3, -0.25) is 4.79 Å². The Labute approximate surface area is 151 Å². The van der Waals surface area contributed by atoms with E-state index in [-0.39, 0.29) is 11.9 Å². The molecule has 0 aromatic heterocycles. The molecule has 0 bridgehead atoms. The number of benzene rings is 2. The standard InChI is InChI=1S/C22H28N2O/c1-16-7-8-17(2)21(15-16)22(25)23-18(3)19-9-11-20(12-10-19)24-13-5-4-6-14-24/h7-12,15,18H,4-6,13-14H2,1-3H3,(H,23,25). The fraction of sp³-hybridized carbons (Fsp3) is 0.409. The lowest BCUT2D eigenvalue weighted by Crippen LogP contribution is -2.29. The number of amides is 1. The maximum atomic E-state index is 12.6. The van der Waals surface area contributed by atoms with Gasteiger partial charge in [-0.25, -0.2) is 0 Å². The van der Waals surface area contributed by atoms with Crippen molar-refractivity contribution in [3.8, 4) is 0 Å². The molecule has 1 aliphatic heterocycles. The first-order valence-electron chi connectivity index (χ1n) is 9.27. The van der Waals surface area contributed by atoms with Gasteiger partial charge >= 0.3 is 0 Å². The zero-order valence-corrected chi connectivity index (χ0v) is 15.5. The highest BCUT2D eigenvalue weighted by molar-refractivity contribution is 5.96. The summed E-state index contributed by atoms with van der Waals surface area (Å²) >= 11 is 0. The SMILES string of the molecule is Cc1ccc(C)c(C(=O)NC(C)c2ccc(N3CCCCC3)cc2)c1. The van der Waals surface area contributed by atoms with Crippen LogP contribution in [0.3, 0.4) is 0 Å². The second-order valence-electron chi connectivity index (χ2n) is 7.15. The predicted octanol–water partition coefficient (Wildman–Crippen LogP) is 4.78. The van der Waals surface area contributed by atoms with Crippen molar-refractivity contribution in [3.05, 3.63) is 64.7 Å². The van der Waals surface area contributed by atoms with Crippen molar-refractivity contribution in [1.29, 1.82) is 0 Å². The molecule has 1 heterocycles. The third-order valence-corrected chi connectivity index (χ3v) is 5.10. The van der Waals surface area contributed by atoms with Crippen LogP contribution in [0.5, 0.6) is 0 Å². The molecule has 1 unspecified atom stereocenters. The minimum absolute atomic E-state index is 0.00573. The van der Waals surface area contributed by atoms with Crippen molar-refractivity contribution in [3.63, 3.8) is 0 Å². The van der Waals surface area contributed by atoms with Crippen LogP contribution in [0.15, 0.2) is 42.5 Å². The summed E-state index contributed by atoms with van der Waals surface area (Å²) in [6, 6.07) is 14.6. The molecule has 1 saturated heterocycles. The quantitative estimate of drug-likeness (QED) is 0.871. The number of aryl methyl sites for hydroxylation is 2. The van der Waals surface area contributed by atoms with Crippen molar-refractivity contribution in [1.82, 2.24) is 5.32 Å². The molecule has 25 heavy (non-hydrogen) atoms. The van der Waals surface area contributed by atoms with Crippen LogP contribution < -0.4 is 10.2 Å². The summed E-state index contributed by atoms with van der Waals surface area (Å²) < 4.78 is 0. The van der Waals surface area contributed by atoms with Gasteiger partial charge in [0.2, 0.25) is 0 Å². The second kappa shape index (κ2) is 7.73. The van der Waals surface area contributed by atoms with Crippen LogP contribution in [0.25, 0.3) is 0 Å². The molecule has 0 aliphatic carbocycles. The first-order chi connectivity index (χ1) is 12.0. The van der Waals surface area contributed by atoms with Gasteiger partial charge in [0, 0.05) is 24.3 Å². The summed E-state index contributed by atoms with van der Waals surface area (Å²) in [5.41, 5.74) is 5.30. The molecule has 132 valence electrons. The number of anilines is 1. The molecule has 1 fully saturated rings. The molecule has 1 aliphatic rings. The van der Waals surface area contributed by atoms with Gasteiger partial charge in [0.1, 0.15) is 0 Å². The molecule has 2 aromatic carbocycles. The van der Waals surface area contributed by atoms with Gasteiger partial charge in [-0.15, -0.1) is 0 Å². The first kappa shape index (κ1) is 17.5. The first-order valence-corrected chi connectivity index (χ1v) is 9.27. The zero-order valence-electron chi connectivity index (χ0n) is 15.5. The second-order valence-corrected chi connectivity index (χ2v) is 7.15. The average molecular weight is 336 g/mol. The third-order valence-electron chi connectivity index (χ3n) is 5.10. The van der Waals surface area contributed by atoms with Gasteiger partial charge in [0.25, 0.3) is 5.91 Å². The Morgan fingerprint density at radius 1 is 1.00 bits per heavy atom. The lowest BCUT2D eigenvalue weighted by Gasteiger charge is -2.29. The molecular formula is C22H28N2O. The van der Waals surface area contributed by atoms with Crippen LogP contribution in [0.2, 0.25) is 0 Å². The van der Waals surface area contributed by atoms with Crippen LogP contribution >= 0.6 is 0 Å². The van der Waals surface area contributed by atoms with Crippen molar-refractivity contribution in [2.45, 2.75) is 46.1 Å². The molecule has 3 heteroatoms. The lowest BCUT2D eigenvalue weighted by atomic mass is 10.0. The van der Waals surface area contributed by atoms with Crippen LogP contribution in [0.4, 0.5) is 5.69 Å². The van der Waals surface area contributed by atoms with Gasteiger partial charge < -0.3 is 10.2 Å². The molecule has 1 amide bonds. The zero-order chi connectivity index (χ0) is 17.8. The van der Waals surface area contributed by atoms with E-state index in [1.807, 2.05) is 39.0 Å². The summed E-state index contributed by atoms with van der Waals surface area (Å²) in [7, 11) is 0. The van der Waals surface area contributed by atoms with Crippen LogP contribution in [0, 0.1) is 13.8 Å². The minimum Gasteiger partial charge on any atom is -0.372 e. The minimum atomic E-state index is -0.0113. The molecule has 1 atom stereocenters. The van der Waals surface area contributed by atoms with Crippen molar-refractivity contribution >= 4 is 11.6 Å². The Morgan fingerprint density at radius 3 is 2.36 bits per heavy atom. The maximum Gasteiger partial charge on any atom is 0.252 e. The van der Waals surface area contributed by atoms with Gasteiger partial charge in [0.15, 0.2) is 0 Å². The van der Waals surface area contributed by atoms with Crippen LogP contribution in [0.1, 0.15) is 59.3 Å². The Kier molecular flexibility index (Phi) is 5.42. The smallest absolute Gasteiger partial charge is 0.252 e. The van der Waals surface area contributed by atoms with E-state index in [0.29, 0.717) is 0 Å². The summed E-state index contributed by atoms with van der Waals surface area (Å²) in [5, 5.41) is 3.13. The van der Waals surface area contributed by atoms with Crippen LogP contribution in [-0.2, 0) is 0 Å². The van der Waals surface area contributed by atoms with Gasteiger partial charge in [0.05, 0.1) is 6.04 Å². The molecule has 1 N–H and O–H groups in total. The summed E-state index contributed by atoms with van der Waals surface area (Å²) in [5.74, 6) is -0.00573. The number of hydrogen-bond donors (Lipinski definition) is 1. The molecule has 0 spiro atoms. The maximum absolute atomic E-state index is 12.6. The van der Waals surface area contributed by atoms with Crippen molar-refractivity contribution < 1.29 is 4.79 Å². The van der Waals surface area contributed by atoms with Gasteiger partial charge in [-0.05, 0) is 69.4 Å². The number of carbonyl (C=O) groups is 1. The number of nitrogens with one attached hydrogen (secondary N) is 1. The molecule has 0 saturated carbocycles. The highest BCUT2D eigenvalue weighted by Crippen LogP contribution is 2.23. The Hall–Kier alpha value is -2.29. The van der Waals surface area contributed by atoms with E-state index in [1.165, 1.54) is 24.9 Å². The van der Waals surface area contributed by atoms with E-state index < -0.39 is 0 Å². The van der Waals surface area contributed by atoms with E-state index in [1.54, 1.807) is 0 Å². The summed E-state index contributed by atoms with van der Waals surface area (Å²) in [4.78, 5) is 15.0. The Balaban J connectivity index is 1.67. The van der Waals surface area contributed by atoms with Crippen molar-refractivity contribution in [2.24, 2.45) is 0 Å². The third kappa shape index (κ3) is 4.22. The molecule has 3 rings (SSSR count). The lowest BCUT2D eigenvalue weighted by molar-refractivity contribution is 0.0939. The highest BCUT2D eigenvalue weighted by Gasteiger charge is 2.15. The predicted molar refractivity (Wildman–Crippen MR) is 104 cm³/mol. The van der Waals surface area contributed by atoms with E-state index in [0.717, 1.165) is 35.3 Å². The monoisotopic (exact) mass is 336 g/mol. The largest absolute Gasteiger partial charge is 0.372 e. The van der Waals surface area contributed by atoms with Gasteiger partial charge in [-0.1, -0.05) is 29.8 Å². The summed E-state index contributed by atoms with van der Waals surface area (Å²) in [6.07, 6.45) is 3.91. The van der Waals surface area contributed by atoms with E-state index >= 15 is 0 Å². The van der Waals surface area contributed by atoms with Crippen LogP contribution in [-0.4, -0.2) is 19.0 Å². The number of carbonyl (C=O) groups excluding carboxylic acids is 1. The number of piperidine rings is 1. The molecule has 2 aromatic rings. The Morgan fingerprint density at radius 2 is 1.68 bits per heavy atom. The van der Waals surface area contributed by atoms with Crippen molar-refractivity contribution in [2.75, 3.05) is 18.0 Å². The number of rotatable bonds is 4.